The lowest BCUT2D eigenvalue weighted by Crippen LogP contribution is -2.07. The maximum Gasteiger partial charge on any atom is 0.433 e. The van der Waals surface area contributed by atoms with Crippen LogP contribution in [0.15, 0.2) is 18.3 Å². The lowest BCUT2D eigenvalue weighted by molar-refractivity contribution is -0.141. The molecule has 0 aliphatic carbocycles. The summed E-state index contributed by atoms with van der Waals surface area (Å²) in [7, 11) is 0. The molecule has 1 heterocycles. The summed E-state index contributed by atoms with van der Waals surface area (Å²) in [6.45, 7) is 0. The van der Waals surface area contributed by atoms with Crippen LogP contribution in [0.1, 0.15) is 5.69 Å². The van der Waals surface area contributed by atoms with Crippen molar-refractivity contribution in [1.82, 2.24) is 4.98 Å². The van der Waals surface area contributed by atoms with Crippen LogP contribution in [0.3, 0.4) is 0 Å². The van der Waals surface area contributed by atoms with Crippen LogP contribution < -0.4 is 4.74 Å². The Bertz CT molecular complexity index is 336. The van der Waals surface area contributed by atoms with E-state index in [-0.39, 0.29) is 5.75 Å². The number of hydrogen-bond acceptors (Lipinski definition) is 3. The van der Waals surface area contributed by atoms with E-state index < -0.39 is 17.3 Å². The van der Waals surface area contributed by atoms with Crippen molar-refractivity contribution in [1.29, 1.82) is 0 Å². The molecule has 1 rings (SSSR count). The van der Waals surface area contributed by atoms with Gasteiger partial charge in [0.15, 0.2) is 0 Å². The number of nitrogens with zero attached hydrogens (tertiary/aromatic N) is 1. The number of alkyl halides is 3. The van der Waals surface area contributed by atoms with Gasteiger partial charge < -0.3 is 4.74 Å². The van der Waals surface area contributed by atoms with Crippen molar-refractivity contribution in [2.24, 2.45) is 0 Å². The molecule has 7 heteroatoms. The van der Waals surface area contributed by atoms with Crippen LogP contribution in [0.2, 0.25) is 0 Å². The topological polar surface area (TPSA) is 39.2 Å². The van der Waals surface area contributed by atoms with Crippen molar-refractivity contribution in [2.45, 2.75) is 6.18 Å². The monoisotopic (exact) mass is 225 g/mol. The Morgan fingerprint density at radius 2 is 2.07 bits per heavy atom. The summed E-state index contributed by atoms with van der Waals surface area (Å²) in [5.74, 6) is -0.141. The normalized spacial score (nSPS) is 11.1. The number of pyridine rings is 1. The molecule has 3 nitrogen and oxygen atoms in total. The lowest BCUT2D eigenvalue weighted by atomic mass is 10.3. The summed E-state index contributed by atoms with van der Waals surface area (Å²) < 4.78 is 40.2. The second kappa shape index (κ2) is 3.83. The quantitative estimate of drug-likeness (QED) is 0.690. The predicted octanol–water partition coefficient (Wildman–Crippen LogP) is 2.84. The van der Waals surface area contributed by atoms with E-state index in [1.165, 1.54) is 0 Å². The van der Waals surface area contributed by atoms with Crippen LogP contribution in [0.25, 0.3) is 0 Å². The fourth-order valence-corrected chi connectivity index (χ4v) is 0.790. The molecule has 14 heavy (non-hydrogen) atoms. The zero-order chi connectivity index (χ0) is 10.8. The Kier molecular flexibility index (Phi) is 2.95. The molecule has 0 spiro atoms. The smallest absolute Gasteiger partial charge is 0.413 e. The molecule has 0 unspecified atom stereocenters. The van der Waals surface area contributed by atoms with Crippen molar-refractivity contribution in [3.05, 3.63) is 24.0 Å². The fraction of sp³-hybridized carbons (Fsp3) is 0.143. The van der Waals surface area contributed by atoms with Gasteiger partial charge in [-0.25, -0.2) is 9.78 Å². The molecule has 0 aromatic carbocycles. The van der Waals surface area contributed by atoms with Gasteiger partial charge in [-0.15, -0.1) is 0 Å². The van der Waals surface area contributed by atoms with Crippen LogP contribution in [0.4, 0.5) is 18.0 Å². The minimum atomic E-state index is -4.51. The van der Waals surface area contributed by atoms with Gasteiger partial charge in [0.25, 0.3) is 0 Å². The lowest BCUT2D eigenvalue weighted by Gasteiger charge is -2.05. The van der Waals surface area contributed by atoms with Crippen LogP contribution >= 0.6 is 11.6 Å². The van der Waals surface area contributed by atoms with Gasteiger partial charge in [-0.3, -0.25) is 0 Å². The van der Waals surface area contributed by atoms with Crippen LogP contribution in [0.5, 0.6) is 5.75 Å². The molecule has 0 aliphatic rings. The number of aromatic nitrogens is 1. The average molecular weight is 226 g/mol. The van der Waals surface area contributed by atoms with E-state index in [0.29, 0.717) is 6.07 Å². The number of carbonyl (C=O) groups is 1. The third-order valence-corrected chi connectivity index (χ3v) is 1.30. The van der Waals surface area contributed by atoms with Gasteiger partial charge >= 0.3 is 11.6 Å². The van der Waals surface area contributed by atoms with Crippen molar-refractivity contribution >= 4 is 17.0 Å². The second-order valence-corrected chi connectivity index (χ2v) is 2.53. The van der Waals surface area contributed by atoms with Gasteiger partial charge in [-0.2, -0.15) is 13.2 Å². The van der Waals surface area contributed by atoms with Crippen LogP contribution in [-0.2, 0) is 6.18 Å². The zero-order valence-electron chi connectivity index (χ0n) is 6.51. The highest BCUT2D eigenvalue weighted by Gasteiger charge is 2.32. The average Bonchev–Trinajstić information content (AvgIpc) is 2.02. The number of rotatable bonds is 1. The minimum absolute atomic E-state index is 0.141. The standard InChI is InChI=1S/C7H3ClF3NO2/c8-6(13)14-4-1-2-5(12-3-4)7(9,10)11/h1-3H. The largest absolute Gasteiger partial charge is 0.433 e. The summed E-state index contributed by atoms with van der Waals surface area (Å²) >= 11 is 4.83. The molecule has 1 aromatic rings. The highest BCUT2D eigenvalue weighted by atomic mass is 35.5. The van der Waals surface area contributed by atoms with Gasteiger partial charge in [0.1, 0.15) is 11.4 Å². The van der Waals surface area contributed by atoms with E-state index in [1.54, 1.807) is 0 Å². The van der Waals surface area contributed by atoms with Crippen molar-refractivity contribution in [3.63, 3.8) is 0 Å². The number of halogens is 4. The SMILES string of the molecule is O=C(Cl)Oc1ccc(C(F)(F)F)nc1. The molecule has 0 amide bonds. The molecular weight excluding hydrogens is 223 g/mol. The first kappa shape index (κ1) is 10.8. The first-order valence-corrected chi connectivity index (χ1v) is 3.68. The molecule has 0 atom stereocenters. The molecule has 76 valence electrons. The van der Waals surface area contributed by atoms with E-state index in [9.17, 15) is 18.0 Å². The van der Waals surface area contributed by atoms with Gasteiger partial charge in [0.2, 0.25) is 0 Å². The van der Waals surface area contributed by atoms with Gasteiger partial charge in [0.05, 0.1) is 6.20 Å². The number of hydrogen-bond donors (Lipinski definition) is 0. The second-order valence-electron chi connectivity index (χ2n) is 2.22. The Morgan fingerprint density at radius 1 is 1.43 bits per heavy atom. The minimum Gasteiger partial charge on any atom is -0.413 e. The Balaban J connectivity index is 2.84. The van der Waals surface area contributed by atoms with E-state index >= 15 is 0 Å². The van der Waals surface area contributed by atoms with Crippen LogP contribution in [0, 0.1) is 0 Å². The van der Waals surface area contributed by atoms with E-state index in [2.05, 4.69) is 9.72 Å². The molecule has 0 aliphatic heterocycles. The van der Waals surface area contributed by atoms with E-state index in [1.807, 2.05) is 0 Å². The fourth-order valence-electron chi connectivity index (χ4n) is 0.701. The van der Waals surface area contributed by atoms with Crippen molar-refractivity contribution in [3.8, 4) is 5.75 Å². The molecule has 0 radical (unpaired) electrons. The summed E-state index contributed by atoms with van der Waals surface area (Å²) in [5, 5.41) is 0. The highest BCUT2D eigenvalue weighted by molar-refractivity contribution is 6.61. The van der Waals surface area contributed by atoms with E-state index in [0.717, 1.165) is 12.3 Å². The van der Waals surface area contributed by atoms with Gasteiger partial charge in [-0.05, 0) is 12.1 Å². The summed E-state index contributed by atoms with van der Waals surface area (Å²) in [4.78, 5) is 13.2. The summed E-state index contributed by atoms with van der Waals surface area (Å²) in [6.07, 6.45) is -3.74. The highest BCUT2D eigenvalue weighted by Crippen LogP contribution is 2.28. The molecule has 1 aromatic heterocycles. The van der Waals surface area contributed by atoms with Crippen molar-refractivity contribution < 1.29 is 22.7 Å². The number of carbonyl (C=O) groups excluding carboxylic acids is 1. The molecule has 0 bridgehead atoms. The Hall–Kier alpha value is -1.30. The van der Waals surface area contributed by atoms with Crippen molar-refractivity contribution in [2.75, 3.05) is 0 Å². The molecule has 0 saturated heterocycles. The maximum atomic E-state index is 12.0. The first-order chi connectivity index (χ1) is 6.39. The zero-order valence-corrected chi connectivity index (χ0v) is 7.26. The predicted molar refractivity (Wildman–Crippen MR) is 41.1 cm³/mol. The van der Waals surface area contributed by atoms with Crippen LogP contribution in [-0.4, -0.2) is 10.4 Å². The summed E-state index contributed by atoms with van der Waals surface area (Å²) in [5.41, 5.74) is -2.20. The Labute approximate surface area is 81.5 Å². The third kappa shape index (κ3) is 2.88. The first-order valence-electron chi connectivity index (χ1n) is 3.30. The Morgan fingerprint density at radius 3 is 2.43 bits per heavy atom. The molecular formula is C7H3ClF3NO2. The summed E-state index contributed by atoms with van der Waals surface area (Å²) in [6, 6.07) is 1.64. The van der Waals surface area contributed by atoms with Gasteiger partial charge in [-0.1, -0.05) is 0 Å². The molecule has 0 fully saturated rings. The van der Waals surface area contributed by atoms with E-state index in [4.69, 9.17) is 11.6 Å². The van der Waals surface area contributed by atoms with Gasteiger partial charge in [0, 0.05) is 11.6 Å². The molecule has 0 N–H and O–H groups in total. The number of ether oxygens (including phenoxy) is 1. The molecule has 0 saturated carbocycles. The maximum absolute atomic E-state index is 12.0. The third-order valence-electron chi connectivity index (χ3n) is 1.22.